The average Bonchev–Trinajstić information content (AvgIpc) is 2.89. The summed E-state index contributed by atoms with van der Waals surface area (Å²) in [6.45, 7) is 2.17. The quantitative estimate of drug-likeness (QED) is 0.0785. The molecule has 0 aliphatic heterocycles. The van der Waals surface area contributed by atoms with Crippen LogP contribution in [0.1, 0.15) is 25.7 Å². The molecule has 4 aromatic rings. The van der Waals surface area contributed by atoms with Gasteiger partial charge in [-0.25, -0.2) is 18.3 Å². The van der Waals surface area contributed by atoms with E-state index in [1.165, 1.54) is 47.9 Å². The number of rotatable bonds is 9. The van der Waals surface area contributed by atoms with Crippen molar-refractivity contribution in [3.8, 4) is 22.3 Å². The van der Waals surface area contributed by atoms with Crippen molar-refractivity contribution in [1.29, 1.82) is 0 Å². The van der Waals surface area contributed by atoms with Crippen LogP contribution in [0.15, 0.2) is 98.1 Å². The summed E-state index contributed by atoms with van der Waals surface area (Å²) >= 11 is 0. The van der Waals surface area contributed by atoms with Crippen LogP contribution >= 0.6 is 15.6 Å². The SMILES string of the molecule is C[n+]1ccc(-c2cc[n+](CCCCCC[n+]3ccc(-c4cc[n+](C)cc4)cc3)cc2)cc1.F[P-](F)(F)(F)(F)F.F[P-](F)(F)(F)(F)F.[I-].[I-]. The molecule has 0 bridgehead atoms. The summed E-state index contributed by atoms with van der Waals surface area (Å²) in [7, 11) is -17.2. The Morgan fingerprint density at radius 3 is 0.771 bits per heavy atom. The molecule has 0 fully saturated rings. The van der Waals surface area contributed by atoms with E-state index in [-0.39, 0.29) is 48.0 Å². The topological polar surface area (TPSA) is 15.5 Å². The van der Waals surface area contributed by atoms with Gasteiger partial charge < -0.3 is 48.0 Å². The van der Waals surface area contributed by atoms with Crippen LogP contribution in [-0.4, -0.2) is 0 Å². The molecule has 0 N–H and O–H groups in total. The normalized spacial score (nSPS) is 14.0. The molecule has 0 aromatic carbocycles. The first-order valence-corrected chi connectivity index (χ1v) is 17.7. The van der Waals surface area contributed by atoms with Crippen molar-refractivity contribution in [3.63, 3.8) is 0 Å². The number of hydrogen-bond acceptors (Lipinski definition) is 0. The molecule has 4 aromatic heterocycles. The molecule has 4 rings (SSSR count). The molecule has 0 atom stereocenters. The van der Waals surface area contributed by atoms with E-state index in [1.54, 1.807) is 0 Å². The Balaban J connectivity index is 0.00000117. The van der Waals surface area contributed by atoms with Crippen LogP contribution in [-0.2, 0) is 27.2 Å². The molecule has 0 radical (unpaired) electrons. The molecule has 0 aliphatic carbocycles. The number of unbranched alkanes of at least 4 members (excludes halogenated alkanes) is 3. The van der Waals surface area contributed by atoms with E-state index < -0.39 is 15.6 Å². The van der Waals surface area contributed by atoms with Crippen molar-refractivity contribution >= 4 is 15.6 Å². The van der Waals surface area contributed by atoms with Crippen LogP contribution in [0, 0.1) is 0 Å². The second kappa shape index (κ2) is 16.0. The smallest absolute Gasteiger partial charge is 1.00 e. The van der Waals surface area contributed by atoms with Crippen LogP contribution in [0.3, 0.4) is 0 Å². The zero-order valence-corrected chi connectivity index (χ0v) is 31.6. The van der Waals surface area contributed by atoms with Crippen molar-refractivity contribution < 1.29 is 117 Å². The molecule has 0 saturated carbocycles. The summed E-state index contributed by atoms with van der Waals surface area (Å²) < 4.78 is 127. The molecule has 20 heteroatoms. The maximum Gasteiger partial charge on any atom is -1.00 e. The molecular weight excluding hydrogens is 936 g/mol. The van der Waals surface area contributed by atoms with Gasteiger partial charge in [-0.1, -0.05) is 0 Å². The summed E-state index contributed by atoms with van der Waals surface area (Å²) in [6.07, 6.45) is 22.1. The van der Waals surface area contributed by atoms with Gasteiger partial charge in [0.25, 0.3) is 0 Å². The summed E-state index contributed by atoms with van der Waals surface area (Å²) in [5, 5.41) is 0. The fourth-order valence-corrected chi connectivity index (χ4v) is 3.93. The predicted octanol–water partition coefficient (Wildman–Crippen LogP) is 4.28. The van der Waals surface area contributed by atoms with Gasteiger partial charge in [0.1, 0.15) is 27.2 Å². The molecule has 0 unspecified atom stereocenters. The fraction of sp³-hybridized carbons (Fsp3) is 0.286. The Hall–Kier alpha value is -1.92. The third kappa shape index (κ3) is 27.0. The number of nitrogens with zero attached hydrogens (tertiary/aromatic N) is 4. The molecule has 274 valence electrons. The Morgan fingerprint density at radius 2 is 0.562 bits per heavy atom. The summed E-state index contributed by atoms with van der Waals surface area (Å²) in [4.78, 5) is 0. The van der Waals surface area contributed by atoms with Crippen LogP contribution in [0.5, 0.6) is 0 Å². The van der Waals surface area contributed by atoms with Gasteiger partial charge in [0, 0.05) is 61.4 Å². The average molecular weight is 970 g/mol. The monoisotopic (exact) mass is 970 g/mol. The molecule has 0 spiro atoms. The second-order valence-corrected chi connectivity index (χ2v) is 14.3. The van der Waals surface area contributed by atoms with Crippen LogP contribution in [0.25, 0.3) is 22.3 Å². The van der Waals surface area contributed by atoms with Gasteiger partial charge in [-0.15, -0.1) is 0 Å². The summed E-state index contributed by atoms with van der Waals surface area (Å²) in [6, 6.07) is 17.5. The van der Waals surface area contributed by atoms with Crippen LogP contribution in [0.2, 0.25) is 0 Å². The van der Waals surface area contributed by atoms with Crippen LogP contribution in [0.4, 0.5) is 50.4 Å². The Kier molecular flexibility index (Phi) is 15.3. The molecular formula is C28H34F12I2N4P2. The maximum atomic E-state index is 9.87. The Morgan fingerprint density at radius 1 is 0.375 bits per heavy atom. The minimum atomic E-state index is -10.7. The van der Waals surface area contributed by atoms with Gasteiger partial charge >= 0.3 is 66.0 Å². The third-order valence-corrected chi connectivity index (χ3v) is 5.99. The summed E-state index contributed by atoms with van der Waals surface area (Å²) in [5.74, 6) is 0. The number of hydrogen-bond donors (Lipinski definition) is 0. The first-order chi connectivity index (χ1) is 20.6. The van der Waals surface area contributed by atoms with E-state index in [2.05, 4.69) is 116 Å². The minimum absolute atomic E-state index is 0. The van der Waals surface area contributed by atoms with Crippen molar-refractivity contribution in [2.45, 2.75) is 38.8 Å². The largest absolute Gasteiger partial charge is 1.00 e. The van der Waals surface area contributed by atoms with Crippen molar-refractivity contribution in [2.75, 3.05) is 0 Å². The Bertz CT molecular complexity index is 1410. The molecule has 0 saturated heterocycles. The van der Waals surface area contributed by atoms with Gasteiger partial charge in [0.05, 0.1) is 0 Å². The predicted molar refractivity (Wildman–Crippen MR) is 152 cm³/mol. The van der Waals surface area contributed by atoms with Crippen molar-refractivity contribution in [3.05, 3.63) is 98.1 Å². The Labute approximate surface area is 304 Å². The first kappa shape index (κ1) is 46.1. The van der Waals surface area contributed by atoms with E-state index in [9.17, 15) is 50.4 Å². The standard InChI is InChI=1S/C28H34N4.2F6P.2HI/c1-29-17-7-25(8-18-29)27-11-21-31(22-12-27)15-5-3-4-6-16-32-23-13-28(14-24-32)26-9-19-30(2)20-10-26;2*1-7(2,3,4,5)6;;/h7-14,17-24H,3-6,15-16H2,1-2H3;;;2*1H/q+4;2*-1;;/p-2. The molecule has 48 heavy (non-hydrogen) atoms. The molecule has 0 amide bonds. The van der Waals surface area contributed by atoms with Gasteiger partial charge in [-0.3, -0.25) is 0 Å². The minimum Gasteiger partial charge on any atom is -1.00 e. The fourth-order valence-electron chi connectivity index (χ4n) is 3.93. The molecule has 4 nitrogen and oxygen atoms in total. The number of halogens is 14. The number of pyridine rings is 4. The zero-order valence-electron chi connectivity index (χ0n) is 25.5. The first-order valence-electron chi connectivity index (χ1n) is 13.6. The van der Waals surface area contributed by atoms with Crippen molar-refractivity contribution in [2.24, 2.45) is 14.1 Å². The van der Waals surface area contributed by atoms with Gasteiger partial charge in [0.15, 0.2) is 49.6 Å². The molecule has 0 aliphatic rings. The van der Waals surface area contributed by atoms with Gasteiger partial charge in [0.2, 0.25) is 0 Å². The van der Waals surface area contributed by atoms with Gasteiger partial charge in [-0.05, 0) is 35.1 Å². The zero-order chi connectivity index (χ0) is 35.0. The third-order valence-electron chi connectivity index (χ3n) is 5.99. The van der Waals surface area contributed by atoms with Gasteiger partial charge in [-0.2, -0.15) is 0 Å². The van der Waals surface area contributed by atoms with E-state index in [0.717, 1.165) is 13.1 Å². The van der Waals surface area contributed by atoms with Crippen molar-refractivity contribution in [1.82, 2.24) is 0 Å². The second-order valence-electron chi connectivity index (χ2n) is 10.5. The maximum absolute atomic E-state index is 10.7. The van der Waals surface area contributed by atoms with E-state index in [1.807, 2.05) is 14.1 Å². The van der Waals surface area contributed by atoms with E-state index in [0.29, 0.717) is 0 Å². The molecule has 4 heterocycles. The van der Waals surface area contributed by atoms with E-state index >= 15 is 0 Å². The number of aryl methyl sites for hydroxylation is 4. The van der Waals surface area contributed by atoms with Crippen LogP contribution < -0.4 is 66.2 Å². The van der Waals surface area contributed by atoms with E-state index in [4.69, 9.17) is 0 Å². The number of aromatic nitrogens is 4. The summed E-state index contributed by atoms with van der Waals surface area (Å²) in [5.41, 5.74) is 5.06.